The third-order valence-corrected chi connectivity index (χ3v) is 1.25. The van der Waals surface area contributed by atoms with Crippen LogP contribution in [0.4, 0.5) is 0 Å². The molecule has 1 aliphatic heterocycles. The van der Waals surface area contributed by atoms with Crippen LogP contribution in [-0.2, 0) is 9.53 Å². The summed E-state index contributed by atoms with van der Waals surface area (Å²) in [5, 5.41) is 0. The third-order valence-electron chi connectivity index (χ3n) is 1.25. The Bertz CT molecular complexity index is 142. The van der Waals surface area contributed by atoms with Gasteiger partial charge in [-0.3, -0.25) is 4.79 Å². The molecule has 0 unspecified atom stereocenters. The molecular formula is C6H9NO2. The van der Waals surface area contributed by atoms with Crippen LogP contribution in [0.15, 0.2) is 12.3 Å². The maximum Gasteiger partial charge on any atom is 0.258 e. The Hall–Kier alpha value is -0.990. The summed E-state index contributed by atoms with van der Waals surface area (Å²) in [5.41, 5.74) is 4.97. The van der Waals surface area contributed by atoms with Crippen molar-refractivity contribution in [1.82, 2.24) is 0 Å². The second-order valence-electron chi connectivity index (χ2n) is 1.98. The number of primary amides is 1. The molecule has 0 aromatic heterocycles. The van der Waals surface area contributed by atoms with Gasteiger partial charge < -0.3 is 10.5 Å². The second kappa shape index (κ2) is 2.53. The van der Waals surface area contributed by atoms with E-state index < -0.39 is 6.10 Å². The Morgan fingerprint density at radius 3 is 2.89 bits per heavy atom. The highest BCUT2D eigenvalue weighted by atomic mass is 16.5. The van der Waals surface area contributed by atoms with E-state index in [1.807, 2.05) is 6.08 Å². The fraction of sp³-hybridized carbons (Fsp3) is 0.500. The Kier molecular flexibility index (Phi) is 1.72. The summed E-state index contributed by atoms with van der Waals surface area (Å²) >= 11 is 0. The van der Waals surface area contributed by atoms with Crippen LogP contribution < -0.4 is 5.73 Å². The lowest BCUT2D eigenvalue weighted by Crippen LogP contribution is -2.30. The summed E-state index contributed by atoms with van der Waals surface area (Å²) < 4.78 is 4.88. The normalized spacial score (nSPS) is 25.1. The summed E-state index contributed by atoms with van der Waals surface area (Å²) in [5.74, 6) is -0.376. The minimum Gasteiger partial charge on any atom is -0.489 e. The van der Waals surface area contributed by atoms with E-state index in [1.165, 1.54) is 6.26 Å². The molecule has 9 heavy (non-hydrogen) atoms. The zero-order chi connectivity index (χ0) is 6.69. The second-order valence-corrected chi connectivity index (χ2v) is 1.98. The van der Waals surface area contributed by atoms with Crippen LogP contribution in [0.3, 0.4) is 0 Å². The van der Waals surface area contributed by atoms with Crippen molar-refractivity contribution >= 4 is 5.91 Å². The average molecular weight is 127 g/mol. The lowest BCUT2D eigenvalue weighted by Gasteiger charge is -2.14. The molecule has 0 aromatic rings. The molecule has 1 amide bonds. The van der Waals surface area contributed by atoms with Crippen molar-refractivity contribution in [3.05, 3.63) is 12.3 Å². The number of ether oxygens (including phenoxy) is 1. The van der Waals surface area contributed by atoms with E-state index in [0.717, 1.165) is 6.42 Å². The molecule has 2 N–H and O–H groups in total. The van der Waals surface area contributed by atoms with E-state index in [0.29, 0.717) is 6.42 Å². The topological polar surface area (TPSA) is 52.3 Å². The quantitative estimate of drug-likeness (QED) is 0.545. The van der Waals surface area contributed by atoms with Gasteiger partial charge in [0.1, 0.15) is 0 Å². The van der Waals surface area contributed by atoms with Crippen LogP contribution >= 0.6 is 0 Å². The van der Waals surface area contributed by atoms with Gasteiger partial charge in [-0.25, -0.2) is 0 Å². The van der Waals surface area contributed by atoms with E-state index >= 15 is 0 Å². The third kappa shape index (κ3) is 1.45. The van der Waals surface area contributed by atoms with Gasteiger partial charge in [-0.15, -0.1) is 0 Å². The highest BCUT2D eigenvalue weighted by Crippen LogP contribution is 2.08. The lowest BCUT2D eigenvalue weighted by atomic mass is 10.1. The first-order chi connectivity index (χ1) is 4.30. The van der Waals surface area contributed by atoms with Gasteiger partial charge in [-0.05, 0) is 18.9 Å². The van der Waals surface area contributed by atoms with Crippen LogP contribution in [0.25, 0.3) is 0 Å². The Labute approximate surface area is 53.5 Å². The number of nitrogens with two attached hydrogens (primary N) is 1. The molecule has 50 valence electrons. The lowest BCUT2D eigenvalue weighted by molar-refractivity contribution is -0.127. The van der Waals surface area contributed by atoms with Crippen molar-refractivity contribution in [2.24, 2.45) is 5.73 Å². The number of amides is 1. The molecular weight excluding hydrogens is 118 g/mol. The smallest absolute Gasteiger partial charge is 0.258 e. The predicted octanol–water partition coefficient (Wildman–Crippen LogP) is 0.164. The van der Waals surface area contributed by atoms with Gasteiger partial charge in [0.05, 0.1) is 6.26 Å². The highest BCUT2D eigenvalue weighted by molar-refractivity contribution is 5.78. The average Bonchev–Trinajstić information content (AvgIpc) is 1.90. The van der Waals surface area contributed by atoms with Crippen molar-refractivity contribution in [2.75, 3.05) is 0 Å². The van der Waals surface area contributed by atoms with Crippen molar-refractivity contribution in [3.8, 4) is 0 Å². The first-order valence-electron chi connectivity index (χ1n) is 2.90. The number of hydrogen-bond acceptors (Lipinski definition) is 2. The number of carbonyl (C=O) groups is 1. The van der Waals surface area contributed by atoms with Crippen molar-refractivity contribution in [2.45, 2.75) is 18.9 Å². The van der Waals surface area contributed by atoms with E-state index in [4.69, 9.17) is 10.5 Å². The minimum absolute atomic E-state index is 0.376. The van der Waals surface area contributed by atoms with E-state index in [2.05, 4.69) is 0 Å². The molecule has 0 radical (unpaired) electrons. The van der Waals surface area contributed by atoms with E-state index in [-0.39, 0.29) is 5.91 Å². The largest absolute Gasteiger partial charge is 0.489 e. The molecule has 0 aromatic carbocycles. The Morgan fingerprint density at radius 2 is 2.56 bits per heavy atom. The number of rotatable bonds is 1. The molecule has 3 heteroatoms. The monoisotopic (exact) mass is 127 g/mol. The summed E-state index contributed by atoms with van der Waals surface area (Å²) in [6.45, 7) is 0. The molecule has 1 atom stereocenters. The van der Waals surface area contributed by atoms with Crippen LogP contribution in [0.5, 0.6) is 0 Å². The molecule has 0 saturated carbocycles. The van der Waals surface area contributed by atoms with Gasteiger partial charge in [-0.1, -0.05) is 0 Å². The van der Waals surface area contributed by atoms with Crippen LogP contribution in [0.2, 0.25) is 0 Å². The van der Waals surface area contributed by atoms with Crippen molar-refractivity contribution in [3.63, 3.8) is 0 Å². The highest BCUT2D eigenvalue weighted by Gasteiger charge is 2.15. The number of carbonyl (C=O) groups excluding carboxylic acids is 1. The fourth-order valence-corrected chi connectivity index (χ4v) is 0.743. The molecule has 3 nitrogen and oxygen atoms in total. The molecule has 1 aliphatic rings. The van der Waals surface area contributed by atoms with Gasteiger partial charge >= 0.3 is 0 Å². The predicted molar refractivity (Wildman–Crippen MR) is 32.4 cm³/mol. The van der Waals surface area contributed by atoms with Crippen LogP contribution in [-0.4, -0.2) is 12.0 Å². The van der Waals surface area contributed by atoms with Gasteiger partial charge in [0, 0.05) is 0 Å². The molecule has 1 heterocycles. The summed E-state index contributed by atoms with van der Waals surface area (Å²) in [6.07, 6.45) is 4.60. The molecule has 0 saturated heterocycles. The van der Waals surface area contributed by atoms with Crippen LogP contribution in [0, 0.1) is 0 Å². The Balaban J connectivity index is 2.44. The van der Waals surface area contributed by atoms with E-state index in [1.54, 1.807) is 0 Å². The minimum atomic E-state index is -0.394. The molecule has 1 rings (SSSR count). The molecule has 0 spiro atoms. The fourth-order valence-electron chi connectivity index (χ4n) is 0.743. The zero-order valence-corrected chi connectivity index (χ0v) is 5.04. The first-order valence-corrected chi connectivity index (χ1v) is 2.90. The van der Waals surface area contributed by atoms with Gasteiger partial charge in [0.25, 0.3) is 5.91 Å². The summed E-state index contributed by atoms with van der Waals surface area (Å²) in [7, 11) is 0. The molecule has 0 bridgehead atoms. The molecule has 0 aliphatic carbocycles. The summed E-state index contributed by atoms with van der Waals surface area (Å²) in [4.78, 5) is 10.4. The van der Waals surface area contributed by atoms with Gasteiger partial charge in [0.15, 0.2) is 6.10 Å². The maximum absolute atomic E-state index is 10.4. The first kappa shape index (κ1) is 6.13. The number of hydrogen-bond donors (Lipinski definition) is 1. The van der Waals surface area contributed by atoms with E-state index in [9.17, 15) is 4.79 Å². The maximum atomic E-state index is 10.4. The molecule has 0 fully saturated rings. The van der Waals surface area contributed by atoms with Gasteiger partial charge in [0.2, 0.25) is 0 Å². The summed E-state index contributed by atoms with van der Waals surface area (Å²) in [6, 6.07) is 0. The van der Waals surface area contributed by atoms with Crippen LogP contribution in [0.1, 0.15) is 12.8 Å². The SMILES string of the molecule is NC(=O)[C@@H]1CCC=CO1. The zero-order valence-electron chi connectivity index (χ0n) is 5.04. The van der Waals surface area contributed by atoms with Crippen molar-refractivity contribution in [1.29, 1.82) is 0 Å². The van der Waals surface area contributed by atoms with Gasteiger partial charge in [-0.2, -0.15) is 0 Å². The Morgan fingerprint density at radius 1 is 1.78 bits per heavy atom. The van der Waals surface area contributed by atoms with Crippen molar-refractivity contribution < 1.29 is 9.53 Å². The standard InChI is InChI=1S/C6H9NO2/c7-6(8)5-3-1-2-4-9-5/h2,4-5H,1,3H2,(H2,7,8)/t5-/m0/s1. The number of allylic oxidation sites excluding steroid dienone is 1.